The molecule has 8 nitrogen and oxygen atoms in total. The standard InChI is InChI=1S/C25H56O8P2/c1-23(2)15-11-7-5-9-13-17-34(28,29)32-21-25(19-26,20-27)22-33-35(30,31)18-14-10-6-8-12-16-24(3)4/h23-24,26-31H,5-22H2,1-4H3/q+2. The Bertz CT molecular complexity index is 460. The minimum Gasteiger partial charge on any atom is -0.396 e. The monoisotopic (exact) mass is 546 g/mol. The van der Waals surface area contributed by atoms with Gasteiger partial charge in [0.25, 0.3) is 0 Å². The van der Waals surface area contributed by atoms with Crippen LogP contribution in [0.4, 0.5) is 0 Å². The van der Waals surface area contributed by atoms with Crippen LogP contribution >= 0.6 is 15.9 Å². The quantitative estimate of drug-likeness (QED) is 0.0691. The van der Waals surface area contributed by atoms with Gasteiger partial charge in [-0.15, -0.1) is 0 Å². The molecule has 0 aliphatic carbocycles. The van der Waals surface area contributed by atoms with Crippen LogP contribution in [-0.4, -0.2) is 68.5 Å². The van der Waals surface area contributed by atoms with Gasteiger partial charge in [-0.05, 0) is 37.5 Å². The van der Waals surface area contributed by atoms with E-state index in [1.54, 1.807) is 0 Å². The van der Waals surface area contributed by atoms with Crippen molar-refractivity contribution in [3.8, 4) is 0 Å². The van der Waals surface area contributed by atoms with Gasteiger partial charge in [0.05, 0.1) is 18.6 Å². The lowest BCUT2D eigenvalue weighted by Gasteiger charge is -2.28. The largest absolute Gasteiger partial charge is 0.406 e. The Morgan fingerprint density at radius 3 is 1.17 bits per heavy atom. The fraction of sp³-hybridized carbons (Fsp3) is 1.00. The highest BCUT2D eigenvalue weighted by atomic mass is 31.2. The SMILES string of the molecule is CC(C)CCCCCCC[P+](O)(O)OCC(CO)(CO)CO[P+](O)(O)CCCCCCCC(C)C. The fourth-order valence-corrected chi connectivity index (χ4v) is 6.18. The first-order valence-electron chi connectivity index (χ1n) is 13.5. The van der Waals surface area contributed by atoms with E-state index >= 15 is 0 Å². The molecular weight excluding hydrogens is 490 g/mol. The second-order valence-electron chi connectivity index (χ2n) is 11.0. The number of aliphatic hydroxyl groups excluding tert-OH is 2. The summed E-state index contributed by atoms with van der Waals surface area (Å²) >= 11 is 0. The fourth-order valence-electron chi connectivity index (χ4n) is 3.69. The molecule has 0 rings (SSSR count). The third-order valence-corrected chi connectivity index (χ3v) is 9.17. The van der Waals surface area contributed by atoms with E-state index in [1.807, 2.05) is 0 Å². The Balaban J connectivity index is 4.31. The summed E-state index contributed by atoms with van der Waals surface area (Å²) in [4.78, 5) is 41.0. The Morgan fingerprint density at radius 1 is 0.543 bits per heavy atom. The Morgan fingerprint density at radius 2 is 0.857 bits per heavy atom. The number of rotatable bonds is 24. The molecule has 0 fully saturated rings. The maximum Gasteiger partial charge on any atom is 0.406 e. The van der Waals surface area contributed by atoms with Gasteiger partial charge in [0.2, 0.25) is 0 Å². The molecule has 0 amide bonds. The Kier molecular flexibility index (Phi) is 19.9. The molecule has 0 aliphatic rings. The number of aliphatic hydroxyl groups is 2. The average molecular weight is 547 g/mol. The van der Waals surface area contributed by atoms with Crippen molar-refractivity contribution in [2.24, 2.45) is 17.3 Å². The third kappa shape index (κ3) is 20.2. The smallest absolute Gasteiger partial charge is 0.396 e. The second kappa shape index (κ2) is 19.6. The lowest BCUT2D eigenvalue weighted by atomic mass is 9.93. The highest BCUT2D eigenvalue weighted by Gasteiger charge is 2.44. The van der Waals surface area contributed by atoms with E-state index in [0.29, 0.717) is 24.7 Å². The zero-order valence-corrected chi connectivity index (χ0v) is 24.6. The van der Waals surface area contributed by atoms with Crippen LogP contribution in [0.1, 0.15) is 105 Å². The summed E-state index contributed by atoms with van der Waals surface area (Å²) in [5, 5.41) is 19.6. The van der Waals surface area contributed by atoms with Gasteiger partial charge in [-0.25, -0.2) is 0 Å². The first-order chi connectivity index (χ1) is 16.4. The summed E-state index contributed by atoms with van der Waals surface area (Å²) in [5.41, 5.74) is -1.35. The molecule has 6 N–H and O–H groups in total. The third-order valence-electron chi connectivity index (χ3n) is 6.29. The van der Waals surface area contributed by atoms with Crippen LogP contribution in [0.25, 0.3) is 0 Å². The molecule has 0 radical (unpaired) electrons. The molecule has 10 heteroatoms. The van der Waals surface area contributed by atoms with Crippen molar-refractivity contribution in [3.05, 3.63) is 0 Å². The van der Waals surface area contributed by atoms with Crippen molar-refractivity contribution in [1.82, 2.24) is 0 Å². The zero-order valence-electron chi connectivity index (χ0n) is 22.8. The van der Waals surface area contributed by atoms with E-state index < -0.39 is 34.5 Å². The molecule has 0 aromatic rings. The lowest BCUT2D eigenvalue weighted by Crippen LogP contribution is -2.40. The van der Waals surface area contributed by atoms with Crippen LogP contribution in [0, 0.1) is 17.3 Å². The molecule has 0 atom stereocenters. The molecule has 0 unspecified atom stereocenters. The van der Waals surface area contributed by atoms with E-state index in [9.17, 15) is 29.8 Å². The van der Waals surface area contributed by atoms with E-state index in [1.165, 1.54) is 25.7 Å². The summed E-state index contributed by atoms with van der Waals surface area (Å²) in [5.74, 6) is 1.40. The molecule has 0 bridgehead atoms. The molecule has 0 saturated heterocycles. The summed E-state index contributed by atoms with van der Waals surface area (Å²) in [6.07, 6.45) is 12.4. The van der Waals surface area contributed by atoms with Gasteiger partial charge >= 0.3 is 15.9 Å². The van der Waals surface area contributed by atoms with Crippen molar-refractivity contribution in [3.63, 3.8) is 0 Å². The maximum absolute atomic E-state index is 10.3. The van der Waals surface area contributed by atoms with Crippen LogP contribution in [0.15, 0.2) is 0 Å². The van der Waals surface area contributed by atoms with Crippen molar-refractivity contribution in [2.45, 2.75) is 105 Å². The molecule has 35 heavy (non-hydrogen) atoms. The highest BCUT2D eigenvalue weighted by Crippen LogP contribution is 2.55. The molecule has 0 aromatic carbocycles. The average Bonchev–Trinajstić information content (AvgIpc) is 2.78. The first-order valence-corrected chi connectivity index (χ1v) is 17.1. The van der Waals surface area contributed by atoms with Gasteiger partial charge in [-0.3, -0.25) is 0 Å². The summed E-state index contributed by atoms with van der Waals surface area (Å²) < 4.78 is 10.7. The lowest BCUT2D eigenvalue weighted by molar-refractivity contribution is -0.0277. The normalized spacial score (nSPS) is 13.4. The topological polar surface area (TPSA) is 140 Å². The van der Waals surface area contributed by atoms with Crippen LogP contribution in [0.5, 0.6) is 0 Å². The van der Waals surface area contributed by atoms with Crippen molar-refractivity contribution >= 4 is 15.9 Å². The van der Waals surface area contributed by atoms with E-state index in [0.717, 1.165) is 38.5 Å². The Labute approximate surface area is 215 Å². The summed E-state index contributed by atoms with van der Waals surface area (Å²) in [6, 6.07) is 0. The van der Waals surface area contributed by atoms with Crippen LogP contribution in [0.3, 0.4) is 0 Å². The predicted molar refractivity (Wildman–Crippen MR) is 146 cm³/mol. The van der Waals surface area contributed by atoms with E-state index in [4.69, 9.17) is 9.05 Å². The zero-order chi connectivity index (χ0) is 26.8. The Hall–Kier alpha value is 0.540. The van der Waals surface area contributed by atoms with Gasteiger partial charge in [0.15, 0.2) is 0 Å². The molecule has 0 heterocycles. The van der Waals surface area contributed by atoms with E-state index in [2.05, 4.69) is 27.7 Å². The number of unbranched alkanes of at least 4 members (excludes halogenated alkanes) is 8. The summed E-state index contributed by atoms with van der Waals surface area (Å²) in [6.45, 7) is 7.04. The number of hydrogen-bond acceptors (Lipinski definition) is 8. The van der Waals surface area contributed by atoms with E-state index in [-0.39, 0.29) is 25.5 Å². The summed E-state index contributed by atoms with van der Waals surface area (Å²) in [7, 11) is -7.26. The molecule has 0 aromatic heterocycles. The molecule has 0 aliphatic heterocycles. The maximum atomic E-state index is 10.3. The van der Waals surface area contributed by atoms with Crippen LogP contribution in [0.2, 0.25) is 0 Å². The van der Waals surface area contributed by atoms with Gasteiger partial charge in [-0.2, -0.15) is 28.6 Å². The predicted octanol–water partition coefficient (Wildman–Crippen LogP) is 5.48. The second-order valence-corrected chi connectivity index (χ2v) is 15.1. The van der Waals surface area contributed by atoms with Crippen molar-refractivity contribution in [1.29, 1.82) is 0 Å². The van der Waals surface area contributed by atoms with Gasteiger partial charge < -0.3 is 10.2 Å². The van der Waals surface area contributed by atoms with Crippen molar-refractivity contribution < 1.29 is 38.8 Å². The molecule has 212 valence electrons. The van der Waals surface area contributed by atoms with Crippen LogP contribution < -0.4 is 0 Å². The van der Waals surface area contributed by atoms with Crippen LogP contribution in [-0.2, 0) is 9.05 Å². The first kappa shape index (κ1) is 35.5. The van der Waals surface area contributed by atoms with Gasteiger partial charge in [-0.1, -0.05) is 79.1 Å². The minimum atomic E-state index is -3.63. The highest BCUT2D eigenvalue weighted by molar-refractivity contribution is 7.59. The minimum absolute atomic E-state index is 0.124. The molecular formula is C25H56O8P2+2. The number of hydrogen-bond donors (Lipinski definition) is 6. The van der Waals surface area contributed by atoms with Crippen molar-refractivity contribution in [2.75, 3.05) is 38.8 Å². The molecule has 0 spiro atoms. The van der Waals surface area contributed by atoms with Gasteiger partial charge in [0.1, 0.15) is 25.5 Å². The van der Waals surface area contributed by atoms with Gasteiger partial charge in [0, 0.05) is 0 Å². The molecule has 0 saturated carbocycles.